The smallest absolute Gasteiger partial charge is 0.291 e. The molecule has 0 atom stereocenters. The largest absolute Gasteiger partial charge is 0.454 e. The van der Waals surface area contributed by atoms with Crippen LogP contribution >= 0.6 is 0 Å². The number of aryl methyl sites for hydroxylation is 1. The van der Waals surface area contributed by atoms with E-state index >= 15 is 0 Å². The number of fused-ring (bicyclic) bond motifs is 4. The Morgan fingerprint density at radius 2 is 1.79 bits per heavy atom. The van der Waals surface area contributed by atoms with Crippen LogP contribution in [0.25, 0.3) is 21.8 Å². The molecule has 2 aromatic carbocycles. The lowest BCUT2D eigenvalue weighted by atomic mass is 10.1. The summed E-state index contributed by atoms with van der Waals surface area (Å²) in [5, 5.41) is 5.89. The molecule has 0 saturated carbocycles. The van der Waals surface area contributed by atoms with E-state index in [9.17, 15) is 9.59 Å². The molecule has 9 nitrogen and oxygen atoms in total. The second-order valence-electron chi connectivity index (χ2n) is 8.78. The summed E-state index contributed by atoms with van der Waals surface area (Å²) in [5.74, 6) is 1.60. The van der Waals surface area contributed by atoms with Crippen molar-refractivity contribution in [2.24, 2.45) is 7.05 Å². The van der Waals surface area contributed by atoms with E-state index in [1.165, 1.54) is 10.2 Å². The van der Waals surface area contributed by atoms with Crippen molar-refractivity contribution in [3.63, 3.8) is 0 Å². The Balaban J connectivity index is 1.18. The Morgan fingerprint density at radius 3 is 2.65 bits per heavy atom. The third-order valence-electron chi connectivity index (χ3n) is 6.73. The molecule has 2 aliphatic rings. The molecule has 0 unspecified atom stereocenters. The maximum Gasteiger partial charge on any atom is 0.291 e. The molecule has 2 aromatic heterocycles. The first-order chi connectivity index (χ1) is 16.6. The lowest BCUT2D eigenvalue weighted by Gasteiger charge is -2.35. The highest BCUT2D eigenvalue weighted by atomic mass is 16.7. The van der Waals surface area contributed by atoms with Gasteiger partial charge in [0.05, 0.1) is 6.20 Å². The Hall–Kier alpha value is -3.85. The van der Waals surface area contributed by atoms with Crippen molar-refractivity contribution in [1.29, 1.82) is 0 Å². The van der Waals surface area contributed by atoms with Gasteiger partial charge in [-0.15, -0.1) is 0 Å². The summed E-state index contributed by atoms with van der Waals surface area (Å²) in [6.45, 7) is 4.09. The molecule has 34 heavy (non-hydrogen) atoms. The van der Waals surface area contributed by atoms with Gasteiger partial charge in [0, 0.05) is 56.1 Å². The van der Waals surface area contributed by atoms with Gasteiger partial charge in [-0.3, -0.25) is 14.5 Å². The van der Waals surface area contributed by atoms with Crippen LogP contribution in [0.2, 0.25) is 0 Å². The predicted octanol–water partition coefficient (Wildman–Crippen LogP) is 1.96. The molecule has 6 rings (SSSR count). The number of benzene rings is 2. The fourth-order valence-electron chi connectivity index (χ4n) is 4.89. The van der Waals surface area contributed by atoms with E-state index in [-0.39, 0.29) is 24.8 Å². The molecule has 0 radical (unpaired) electrons. The normalized spacial score (nSPS) is 16.0. The van der Waals surface area contributed by atoms with E-state index in [1.807, 2.05) is 45.9 Å². The van der Waals surface area contributed by atoms with Crippen molar-refractivity contribution in [3.05, 3.63) is 64.6 Å². The quantitative estimate of drug-likeness (QED) is 0.464. The molecule has 0 bridgehead atoms. The zero-order valence-corrected chi connectivity index (χ0v) is 18.9. The number of hydrogen-bond donors (Lipinski definition) is 0. The lowest BCUT2D eigenvalue weighted by Crippen LogP contribution is -2.49. The molecular weight excluding hydrogens is 434 g/mol. The number of amides is 1. The zero-order chi connectivity index (χ0) is 23.2. The third kappa shape index (κ3) is 3.49. The van der Waals surface area contributed by atoms with Crippen LogP contribution in [0.3, 0.4) is 0 Å². The fourth-order valence-corrected chi connectivity index (χ4v) is 4.89. The number of rotatable bonds is 4. The minimum atomic E-state index is -0.199. The highest BCUT2D eigenvalue weighted by Gasteiger charge is 2.24. The van der Waals surface area contributed by atoms with E-state index in [0.717, 1.165) is 47.4 Å². The van der Waals surface area contributed by atoms with Gasteiger partial charge in [-0.1, -0.05) is 24.3 Å². The number of carbonyl (C=O) groups excluding carboxylic acids is 1. The standard InChI is InChI=1S/C25H25N5O4/c1-27-25(32)24-19(13-26-27)18-4-2-3-5-20(18)30(24)15-23(31)29-10-8-28(9-11-29)14-17-6-7-21-22(12-17)34-16-33-21/h2-7,12-13H,8-11,14-16H2,1H3. The van der Waals surface area contributed by atoms with E-state index in [1.54, 1.807) is 13.2 Å². The van der Waals surface area contributed by atoms with Crippen LogP contribution in [-0.4, -0.2) is 63.0 Å². The molecule has 0 spiro atoms. The Morgan fingerprint density at radius 1 is 1.00 bits per heavy atom. The monoisotopic (exact) mass is 459 g/mol. The average Bonchev–Trinajstić information content (AvgIpc) is 3.45. The van der Waals surface area contributed by atoms with E-state index in [2.05, 4.69) is 16.1 Å². The van der Waals surface area contributed by atoms with Crippen LogP contribution in [0.15, 0.2) is 53.5 Å². The minimum absolute atomic E-state index is 0.0178. The minimum Gasteiger partial charge on any atom is -0.454 e. The molecule has 1 saturated heterocycles. The van der Waals surface area contributed by atoms with E-state index in [0.29, 0.717) is 18.6 Å². The number of aromatic nitrogens is 3. The number of hydrogen-bond acceptors (Lipinski definition) is 6. The summed E-state index contributed by atoms with van der Waals surface area (Å²) >= 11 is 0. The van der Waals surface area contributed by atoms with Gasteiger partial charge in [0.25, 0.3) is 5.56 Å². The Labute approximate surface area is 195 Å². The molecular formula is C25H25N5O4. The number of piperazine rings is 1. The van der Waals surface area contributed by atoms with Gasteiger partial charge in [0.2, 0.25) is 12.7 Å². The van der Waals surface area contributed by atoms with Gasteiger partial charge in [0.1, 0.15) is 12.1 Å². The lowest BCUT2D eigenvalue weighted by molar-refractivity contribution is -0.133. The van der Waals surface area contributed by atoms with Crippen LogP contribution in [-0.2, 0) is 24.9 Å². The van der Waals surface area contributed by atoms with Gasteiger partial charge < -0.3 is 18.9 Å². The van der Waals surface area contributed by atoms with Gasteiger partial charge >= 0.3 is 0 Å². The summed E-state index contributed by atoms with van der Waals surface area (Å²) in [6, 6.07) is 13.8. The first-order valence-electron chi connectivity index (χ1n) is 11.4. The maximum absolute atomic E-state index is 13.3. The predicted molar refractivity (Wildman–Crippen MR) is 127 cm³/mol. The summed E-state index contributed by atoms with van der Waals surface area (Å²) < 4.78 is 14.0. The van der Waals surface area contributed by atoms with Crippen molar-refractivity contribution in [1.82, 2.24) is 24.1 Å². The SMILES string of the molecule is Cn1ncc2c3ccccc3n(CC(=O)N3CCN(Cc4ccc5c(c4)OCO5)CC3)c2c1=O. The first-order valence-corrected chi connectivity index (χ1v) is 11.4. The average molecular weight is 460 g/mol. The molecule has 9 heteroatoms. The third-order valence-corrected chi connectivity index (χ3v) is 6.73. The van der Waals surface area contributed by atoms with Gasteiger partial charge in [0.15, 0.2) is 11.5 Å². The number of carbonyl (C=O) groups is 1. The van der Waals surface area contributed by atoms with E-state index < -0.39 is 0 Å². The fraction of sp³-hybridized carbons (Fsp3) is 0.320. The molecule has 174 valence electrons. The Bertz CT molecular complexity index is 1470. The van der Waals surface area contributed by atoms with Crippen LogP contribution in [0.4, 0.5) is 0 Å². The van der Waals surface area contributed by atoms with Crippen LogP contribution in [0.1, 0.15) is 5.56 Å². The van der Waals surface area contributed by atoms with Crippen molar-refractivity contribution in [2.75, 3.05) is 33.0 Å². The molecule has 4 aromatic rings. The molecule has 0 N–H and O–H groups in total. The second kappa shape index (κ2) is 8.18. The number of para-hydroxylation sites is 1. The number of nitrogens with zero attached hydrogens (tertiary/aromatic N) is 5. The van der Waals surface area contributed by atoms with E-state index in [4.69, 9.17) is 9.47 Å². The highest BCUT2D eigenvalue weighted by molar-refractivity contribution is 6.07. The highest BCUT2D eigenvalue weighted by Crippen LogP contribution is 2.33. The van der Waals surface area contributed by atoms with Crippen molar-refractivity contribution in [2.45, 2.75) is 13.1 Å². The molecule has 4 heterocycles. The van der Waals surface area contributed by atoms with Crippen LogP contribution < -0.4 is 15.0 Å². The van der Waals surface area contributed by atoms with Gasteiger partial charge in [-0.05, 0) is 23.8 Å². The molecule has 0 aliphatic carbocycles. The zero-order valence-electron chi connectivity index (χ0n) is 18.9. The van der Waals surface area contributed by atoms with Crippen molar-refractivity contribution in [3.8, 4) is 11.5 Å². The summed E-state index contributed by atoms with van der Waals surface area (Å²) in [6.07, 6.45) is 1.70. The number of ether oxygens (including phenoxy) is 2. The summed E-state index contributed by atoms with van der Waals surface area (Å²) in [7, 11) is 1.63. The summed E-state index contributed by atoms with van der Waals surface area (Å²) in [5.41, 5.74) is 2.36. The van der Waals surface area contributed by atoms with Gasteiger partial charge in [-0.2, -0.15) is 5.10 Å². The Kier molecular flexibility index (Phi) is 4.99. The van der Waals surface area contributed by atoms with Crippen LogP contribution in [0, 0.1) is 0 Å². The second-order valence-corrected chi connectivity index (χ2v) is 8.78. The molecule has 2 aliphatic heterocycles. The van der Waals surface area contributed by atoms with Crippen molar-refractivity contribution < 1.29 is 14.3 Å². The summed E-state index contributed by atoms with van der Waals surface area (Å²) in [4.78, 5) is 30.4. The van der Waals surface area contributed by atoms with Gasteiger partial charge in [-0.25, -0.2) is 4.68 Å². The van der Waals surface area contributed by atoms with Crippen LogP contribution in [0.5, 0.6) is 11.5 Å². The first kappa shape index (κ1) is 20.7. The van der Waals surface area contributed by atoms with Crippen molar-refractivity contribution >= 4 is 27.7 Å². The molecule has 1 amide bonds. The molecule has 1 fully saturated rings. The maximum atomic E-state index is 13.3. The topological polar surface area (TPSA) is 81.8 Å².